The zero-order valence-electron chi connectivity index (χ0n) is 18.5. The van der Waals surface area contributed by atoms with E-state index in [1.165, 1.54) is 11.8 Å². The van der Waals surface area contributed by atoms with Gasteiger partial charge in [0.1, 0.15) is 10.0 Å². The van der Waals surface area contributed by atoms with Crippen molar-refractivity contribution in [2.24, 2.45) is 0 Å². The third kappa shape index (κ3) is 5.94. The Morgan fingerprint density at radius 2 is 1.47 bits per heavy atom. The van der Waals surface area contributed by atoms with E-state index in [0.717, 1.165) is 28.9 Å². The monoisotopic (exact) mass is 501 g/mol. The predicted molar refractivity (Wildman–Crippen MR) is 116 cm³/mol. The molecule has 11 heteroatoms. The summed E-state index contributed by atoms with van der Waals surface area (Å²) in [6.45, 7) is 3.37. The quantitative estimate of drug-likeness (QED) is 0.359. The van der Waals surface area contributed by atoms with Gasteiger partial charge in [0.25, 0.3) is 0 Å². The van der Waals surface area contributed by atoms with Crippen LogP contribution in [0.1, 0.15) is 47.2 Å². The molecule has 0 aliphatic heterocycles. The van der Waals surface area contributed by atoms with E-state index in [1.807, 2.05) is 31.2 Å². The molecule has 1 amide bonds. The van der Waals surface area contributed by atoms with Crippen LogP contribution in [0.5, 0.6) is 0 Å². The molecule has 1 atom stereocenters. The number of benzene rings is 2. The maximum atomic E-state index is 13.2. The van der Waals surface area contributed by atoms with Crippen LogP contribution >= 0.6 is 11.3 Å². The minimum absolute atomic E-state index is 0.0672. The number of hydrogen-bond acceptors (Lipinski definition) is 4. The Morgan fingerprint density at radius 3 is 1.94 bits per heavy atom. The second-order valence-corrected chi connectivity index (χ2v) is 8.77. The van der Waals surface area contributed by atoms with Crippen LogP contribution in [-0.2, 0) is 30.0 Å². The summed E-state index contributed by atoms with van der Waals surface area (Å²) in [6, 6.07) is 8.43. The molecule has 0 aliphatic rings. The summed E-state index contributed by atoms with van der Waals surface area (Å²) in [6.07, 6.45) is -8.73. The van der Waals surface area contributed by atoms with Crippen molar-refractivity contribution in [2.45, 2.75) is 45.1 Å². The fourth-order valence-corrected chi connectivity index (χ4v) is 4.28. The lowest BCUT2D eigenvalue weighted by atomic mass is 10.0. The lowest BCUT2D eigenvalue weighted by Gasteiger charge is -2.25. The van der Waals surface area contributed by atoms with E-state index >= 15 is 0 Å². The van der Waals surface area contributed by atoms with Gasteiger partial charge >= 0.3 is 12.4 Å². The summed E-state index contributed by atoms with van der Waals surface area (Å²) in [7, 11) is 1.56. The summed E-state index contributed by atoms with van der Waals surface area (Å²) < 4.78 is 79.4. The first-order valence-corrected chi connectivity index (χ1v) is 11.1. The molecule has 1 unspecified atom stereocenters. The third-order valence-corrected chi connectivity index (χ3v) is 6.46. The highest BCUT2D eigenvalue weighted by Crippen LogP contribution is 2.40. The predicted octanol–water partition coefficient (Wildman–Crippen LogP) is 6.57. The second-order valence-electron chi connectivity index (χ2n) is 7.76. The molecule has 3 rings (SSSR count). The molecule has 2 aromatic carbocycles. The van der Waals surface area contributed by atoms with Gasteiger partial charge in [-0.05, 0) is 42.2 Å². The number of aryl methyl sites for hydroxylation is 1. The number of hydrogen-bond donors (Lipinski definition) is 0. The maximum absolute atomic E-state index is 13.2. The van der Waals surface area contributed by atoms with E-state index in [0.29, 0.717) is 23.6 Å². The molecular formula is C23H21F6N3OS. The summed E-state index contributed by atoms with van der Waals surface area (Å²) in [4.78, 5) is 13.5. The lowest BCUT2D eigenvalue weighted by Crippen LogP contribution is -2.30. The largest absolute Gasteiger partial charge is 0.416 e. The highest BCUT2D eigenvalue weighted by atomic mass is 32.1. The summed E-state index contributed by atoms with van der Waals surface area (Å²) in [5.41, 5.74) is -1.18. The van der Waals surface area contributed by atoms with Crippen molar-refractivity contribution < 1.29 is 31.1 Å². The van der Waals surface area contributed by atoms with E-state index in [1.54, 1.807) is 7.05 Å². The smallest absolute Gasteiger partial charge is 0.336 e. The number of aromatic nitrogens is 2. The number of carbonyl (C=O) groups excluding carboxylic acids is 1. The van der Waals surface area contributed by atoms with Gasteiger partial charge in [0.2, 0.25) is 5.91 Å². The molecular weight excluding hydrogens is 480 g/mol. The van der Waals surface area contributed by atoms with Gasteiger partial charge < -0.3 is 4.90 Å². The van der Waals surface area contributed by atoms with Crippen molar-refractivity contribution in [3.05, 3.63) is 69.7 Å². The van der Waals surface area contributed by atoms with Crippen molar-refractivity contribution in [1.29, 1.82) is 0 Å². The number of rotatable bonds is 6. The van der Waals surface area contributed by atoms with Gasteiger partial charge in [-0.15, -0.1) is 10.2 Å². The minimum atomic E-state index is -4.97. The molecule has 0 saturated carbocycles. The van der Waals surface area contributed by atoms with Crippen molar-refractivity contribution in [3.8, 4) is 10.6 Å². The lowest BCUT2D eigenvalue weighted by molar-refractivity contribution is -0.143. The molecule has 1 aromatic heterocycles. The Kier molecular flexibility index (Phi) is 7.35. The Labute approximate surface area is 196 Å². The number of halogens is 6. The molecule has 0 aliphatic carbocycles. The third-order valence-electron chi connectivity index (χ3n) is 5.38. The summed E-state index contributed by atoms with van der Waals surface area (Å²) in [5.74, 6) is -0.273. The van der Waals surface area contributed by atoms with Crippen LogP contribution in [0, 0.1) is 0 Å². The van der Waals surface area contributed by atoms with Crippen molar-refractivity contribution in [2.75, 3.05) is 7.05 Å². The number of alkyl halides is 6. The topological polar surface area (TPSA) is 46.1 Å². The molecule has 0 N–H and O–H groups in total. The highest BCUT2D eigenvalue weighted by Gasteiger charge is 2.37. The van der Waals surface area contributed by atoms with Crippen LogP contribution in [0.15, 0.2) is 42.5 Å². The van der Waals surface area contributed by atoms with Crippen molar-refractivity contribution >= 4 is 17.2 Å². The van der Waals surface area contributed by atoms with Crippen LogP contribution in [0.4, 0.5) is 26.3 Å². The number of amides is 1. The molecule has 182 valence electrons. The minimum Gasteiger partial charge on any atom is -0.336 e. The van der Waals surface area contributed by atoms with E-state index in [4.69, 9.17) is 0 Å². The molecule has 0 radical (unpaired) electrons. The zero-order chi connectivity index (χ0) is 25.3. The van der Waals surface area contributed by atoms with E-state index in [2.05, 4.69) is 10.2 Å². The van der Waals surface area contributed by atoms with Gasteiger partial charge in [0.05, 0.1) is 17.2 Å². The van der Waals surface area contributed by atoms with Crippen LogP contribution < -0.4 is 0 Å². The van der Waals surface area contributed by atoms with Gasteiger partial charge in [-0.3, -0.25) is 4.79 Å². The number of carbonyl (C=O) groups is 1. The van der Waals surface area contributed by atoms with Crippen LogP contribution in [0.3, 0.4) is 0 Å². The van der Waals surface area contributed by atoms with Crippen molar-refractivity contribution in [3.63, 3.8) is 0 Å². The van der Waals surface area contributed by atoms with E-state index in [9.17, 15) is 31.1 Å². The molecule has 0 fully saturated rings. The van der Waals surface area contributed by atoms with Gasteiger partial charge in [-0.2, -0.15) is 26.3 Å². The number of nitrogens with zero attached hydrogens (tertiary/aromatic N) is 3. The molecule has 34 heavy (non-hydrogen) atoms. The molecule has 0 spiro atoms. The van der Waals surface area contributed by atoms with Gasteiger partial charge in [0.15, 0.2) is 0 Å². The Morgan fingerprint density at radius 1 is 0.941 bits per heavy atom. The second kappa shape index (κ2) is 9.73. The van der Waals surface area contributed by atoms with Gasteiger partial charge in [-0.1, -0.05) is 42.5 Å². The van der Waals surface area contributed by atoms with Gasteiger partial charge in [0, 0.05) is 19.5 Å². The standard InChI is InChI=1S/C23H21F6N3OS/c1-4-14-5-7-15(8-6-14)9-19(32(3)13(2)33)21-31-30-20(34-21)16-10-17(22(24,25)26)12-18(11-16)23(27,28)29/h5-8,10-12,19H,4,9H2,1-3H3. The average Bonchev–Trinajstić information content (AvgIpc) is 3.26. The molecule has 1 heterocycles. The van der Waals surface area contributed by atoms with Crippen LogP contribution in [0.25, 0.3) is 10.6 Å². The Bertz CT molecular complexity index is 1120. The molecule has 0 saturated heterocycles. The molecule has 4 nitrogen and oxygen atoms in total. The summed E-state index contributed by atoms with van der Waals surface area (Å²) in [5, 5.41) is 8.08. The van der Waals surface area contributed by atoms with Crippen LogP contribution in [-0.4, -0.2) is 28.1 Å². The normalized spacial score (nSPS) is 13.1. The van der Waals surface area contributed by atoms with Crippen molar-refractivity contribution in [1.82, 2.24) is 15.1 Å². The average molecular weight is 501 g/mol. The fraction of sp³-hybridized carbons (Fsp3) is 0.348. The zero-order valence-corrected chi connectivity index (χ0v) is 19.3. The number of likely N-dealkylation sites (N-methyl/N-ethyl adjacent to an activating group) is 1. The Balaban J connectivity index is 2.02. The van der Waals surface area contributed by atoms with E-state index < -0.39 is 29.5 Å². The van der Waals surface area contributed by atoms with Crippen LogP contribution in [0.2, 0.25) is 0 Å². The van der Waals surface area contributed by atoms with Gasteiger partial charge in [-0.25, -0.2) is 0 Å². The highest BCUT2D eigenvalue weighted by molar-refractivity contribution is 7.14. The molecule has 3 aromatic rings. The fourth-order valence-electron chi connectivity index (χ4n) is 3.31. The first-order chi connectivity index (χ1) is 15.8. The summed E-state index contributed by atoms with van der Waals surface area (Å²) >= 11 is 0.855. The SMILES string of the molecule is CCc1ccc(CC(c2nnc(-c3cc(C(F)(F)F)cc(C(F)(F)F)c3)s2)N(C)C(C)=O)cc1. The van der Waals surface area contributed by atoms with E-state index in [-0.39, 0.29) is 22.5 Å². The maximum Gasteiger partial charge on any atom is 0.416 e. The Hall–Kier alpha value is -2.95. The first kappa shape index (κ1) is 25.7. The molecule has 0 bridgehead atoms. The first-order valence-electron chi connectivity index (χ1n) is 10.2.